The Balaban J connectivity index is 2.91. The Hall–Kier alpha value is -1.14. The van der Waals surface area contributed by atoms with Gasteiger partial charge in [0.25, 0.3) is 0 Å². The third-order valence-electron chi connectivity index (χ3n) is 1.35. The summed E-state index contributed by atoms with van der Waals surface area (Å²) in [5, 5.41) is 10.2. The number of carbonyl (C=O) groups excluding carboxylic acids is 1. The van der Waals surface area contributed by atoms with Gasteiger partial charge in [-0.2, -0.15) is 5.26 Å². The molecule has 0 N–H and O–H groups in total. The van der Waals surface area contributed by atoms with Crippen molar-refractivity contribution in [2.24, 2.45) is 0 Å². The zero-order valence-corrected chi connectivity index (χ0v) is 6.94. The maximum absolute atomic E-state index is 11.0. The number of hydrogen-bond acceptors (Lipinski definition) is 3. The minimum atomic E-state index is 0.0998. The Bertz CT molecular complexity index is 308. The first-order valence-corrected chi connectivity index (χ1v) is 4.17. The second kappa shape index (κ2) is 3.31. The van der Waals surface area contributed by atoms with Crippen molar-refractivity contribution < 1.29 is 4.79 Å². The number of carbonyl (C=O) groups is 1. The predicted molar refractivity (Wildman–Crippen MR) is 43.7 cm³/mol. The van der Waals surface area contributed by atoms with Gasteiger partial charge >= 0.3 is 0 Å². The van der Waals surface area contributed by atoms with E-state index in [0.29, 0.717) is 16.9 Å². The van der Waals surface area contributed by atoms with E-state index < -0.39 is 0 Å². The summed E-state index contributed by atoms with van der Waals surface area (Å²) in [6.07, 6.45) is 0.502. The van der Waals surface area contributed by atoms with Gasteiger partial charge in [0.2, 0.25) is 0 Å². The summed E-state index contributed by atoms with van der Waals surface area (Å²) in [5.74, 6) is 0.0998. The molecule has 11 heavy (non-hydrogen) atoms. The number of ketones is 1. The lowest BCUT2D eigenvalue weighted by Gasteiger charge is -1.87. The van der Waals surface area contributed by atoms with Crippen molar-refractivity contribution in [3.63, 3.8) is 0 Å². The van der Waals surface area contributed by atoms with E-state index in [9.17, 15) is 4.79 Å². The van der Waals surface area contributed by atoms with Crippen LogP contribution in [0, 0.1) is 11.3 Å². The maximum Gasteiger partial charge on any atom is 0.163 e. The van der Waals surface area contributed by atoms with Crippen molar-refractivity contribution in [3.05, 3.63) is 21.9 Å². The molecule has 0 saturated heterocycles. The Morgan fingerprint density at radius 2 is 2.55 bits per heavy atom. The van der Waals surface area contributed by atoms with Crippen molar-refractivity contribution in [2.45, 2.75) is 13.3 Å². The Morgan fingerprint density at radius 1 is 1.82 bits per heavy atom. The van der Waals surface area contributed by atoms with E-state index in [0.717, 1.165) is 0 Å². The van der Waals surface area contributed by atoms with Crippen LogP contribution in [-0.4, -0.2) is 5.78 Å². The van der Waals surface area contributed by atoms with Gasteiger partial charge in [-0.05, 0) is 6.07 Å². The Labute approximate surface area is 69.1 Å². The van der Waals surface area contributed by atoms with Crippen LogP contribution in [-0.2, 0) is 0 Å². The monoisotopic (exact) mass is 165 g/mol. The second-order valence-electron chi connectivity index (χ2n) is 2.09. The number of nitrogens with zero attached hydrogens (tertiary/aromatic N) is 1. The van der Waals surface area contributed by atoms with Crippen LogP contribution >= 0.6 is 11.3 Å². The van der Waals surface area contributed by atoms with Crippen LogP contribution in [0.5, 0.6) is 0 Å². The lowest BCUT2D eigenvalue weighted by Crippen LogP contribution is -1.92. The zero-order valence-electron chi connectivity index (χ0n) is 6.13. The predicted octanol–water partition coefficient (Wildman–Crippen LogP) is 2.21. The molecule has 0 aliphatic rings. The molecular weight excluding hydrogens is 158 g/mol. The minimum absolute atomic E-state index is 0.0998. The van der Waals surface area contributed by atoms with Gasteiger partial charge in [-0.1, -0.05) is 6.92 Å². The molecule has 1 rings (SSSR count). The van der Waals surface area contributed by atoms with Gasteiger partial charge < -0.3 is 0 Å². The van der Waals surface area contributed by atoms with E-state index in [-0.39, 0.29) is 5.78 Å². The molecule has 0 unspecified atom stereocenters. The molecule has 0 saturated carbocycles. The first-order valence-electron chi connectivity index (χ1n) is 3.29. The molecule has 3 heteroatoms. The molecule has 1 aromatic rings. The summed E-state index contributed by atoms with van der Waals surface area (Å²) in [6, 6.07) is 3.63. The topological polar surface area (TPSA) is 40.9 Å². The summed E-state index contributed by atoms with van der Waals surface area (Å²) in [6.45, 7) is 1.81. The van der Waals surface area contributed by atoms with Crippen LogP contribution in [0.3, 0.4) is 0 Å². The summed E-state index contributed by atoms with van der Waals surface area (Å²) in [5.41, 5.74) is 0.661. The van der Waals surface area contributed by atoms with E-state index in [2.05, 4.69) is 0 Å². The third kappa shape index (κ3) is 1.66. The van der Waals surface area contributed by atoms with E-state index in [1.165, 1.54) is 11.3 Å². The fraction of sp³-hybridized carbons (Fsp3) is 0.250. The number of rotatable bonds is 2. The second-order valence-corrected chi connectivity index (χ2v) is 3.00. The van der Waals surface area contributed by atoms with Crippen LogP contribution in [0.4, 0.5) is 0 Å². The molecule has 0 aliphatic carbocycles. The average molecular weight is 165 g/mol. The fourth-order valence-corrected chi connectivity index (χ4v) is 1.45. The van der Waals surface area contributed by atoms with E-state index in [1.807, 2.05) is 13.0 Å². The lowest BCUT2D eigenvalue weighted by molar-refractivity contribution is 0.0988. The normalized spacial score (nSPS) is 9.09. The molecule has 0 aliphatic heterocycles. The molecular formula is C8H7NOS. The zero-order chi connectivity index (χ0) is 8.27. The van der Waals surface area contributed by atoms with Gasteiger partial charge in [0.15, 0.2) is 5.78 Å². The molecule has 0 bridgehead atoms. The number of thiophene rings is 1. The molecule has 1 heterocycles. The Morgan fingerprint density at radius 3 is 3.00 bits per heavy atom. The average Bonchev–Trinajstić information content (AvgIpc) is 2.50. The summed E-state index contributed by atoms with van der Waals surface area (Å²) in [4.78, 5) is 11.6. The summed E-state index contributed by atoms with van der Waals surface area (Å²) in [7, 11) is 0. The molecule has 0 atom stereocenters. The van der Waals surface area contributed by atoms with Gasteiger partial charge in [-0.15, -0.1) is 11.3 Å². The standard InChI is InChI=1S/C8H7NOS/c1-2-8(10)6-3-7(4-9)11-5-6/h3,5H,2H2,1H3. The summed E-state index contributed by atoms with van der Waals surface area (Å²) >= 11 is 1.31. The summed E-state index contributed by atoms with van der Waals surface area (Å²) < 4.78 is 0. The van der Waals surface area contributed by atoms with Crippen LogP contribution in [0.25, 0.3) is 0 Å². The first-order chi connectivity index (χ1) is 5.27. The van der Waals surface area contributed by atoms with Crippen LogP contribution in [0.2, 0.25) is 0 Å². The van der Waals surface area contributed by atoms with E-state index >= 15 is 0 Å². The SMILES string of the molecule is CCC(=O)c1csc(C#N)c1. The smallest absolute Gasteiger partial charge is 0.163 e. The molecule has 0 fully saturated rings. The molecule has 0 spiro atoms. The molecule has 0 radical (unpaired) electrons. The largest absolute Gasteiger partial charge is 0.294 e. The van der Waals surface area contributed by atoms with Gasteiger partial charge in [0.05, 0.1) is 0 Å². The van der Waals surface area contributed by atoms with Gasteiger partial charge in [0.1, 0.15) is 10.9 Å². The number of nitriles is 1. The first kappa shape index (κ1) is 7.96. The van der Waals surface area contributed by atoms with Crippen molar-refractivity contribution in [1.29, 1.82) is 5.26 Å². The molecule has 56 valence electrons. The Kier molecular flexibility index (Phi) is 2.40. The minimum Gasteiger partial charge on any atom is -0.294 e. The maximum atomic E-state index is 11.0. The van der Waals surface area contributed by atoms with Crippen molar-refractivity contribution in [3.8, 4) is 6.07 Å². The van der Waals surface area contributed by atoms with Crippen molar-refractivity contribution in [1.82, 2.24) is 0 Å². The van der Waals surface area contributed by atoms with Crippen LogP contribution in [0.1, 0.15) is 28.6 Å². The van der Waals surface area contributed by atoms with Crippen molar-refractivity contribution >= 4 is 17.1 Å². The number of hydrogen-bond donors (Lipinski definition) is 0. The van der Waals surface area contributed by atoms with Gasteiger partial charge in [-0.25, -0.2) is 0 Å². The third-order valence-corrected chi connectivity index (χ3v) is 2.19. The highest BCUT2D eigenvalue weighted by atomic mass is 32.1. The van der Waals surface area contributed by atoms with E-state index in [1.54, 1.807) is 11.4 Å². The molecule has 2 nitrogen and oxygen atoms in total. The molecule has 0 aromatic carbocycles. The van der Waals surface area contributed by atoms with Gasteiger partial charge in [0, 0.05) is 17.4 Å². The highest BCUT2D eigenvalue weighted by Gasteiger charge is 2.04. The van der Waals surface area contributed by atoms with Crippen LogP contribution < -0.4 is 0 Å². The van der Waals surface area contributed by atoms with E-state index in [4.69, 9.17) is 5.26 Å². The molecule has 1 aromatic heterocycles. The lowest BCUT2D eigenvalue weighted by atomic mass is 10.2. The van der Waals surface area contributed by atoms with Crippen LogP contribution in [0.15, 0.2) is 11.4 Å². The van der Waals surface area contributed by atoms with Gasteiger partial charge in [-0.3, -0.25) is 4.79 Å². The quantitative estimate of drug-likeness (QED) is 0.630. The highest BCUT2D eigenvalue weighted by molar-refractivity contribution is 7.10. The highest BCUT2D eigenvalue weighted by Crippen LogP contribution is 2.14. The number of Topliss-reactive ketones (excluding diaryl/α,β-unsaturated/α-hetero) is 1. The molecule has 0 amide bonds. The van der Waals surface area contributed by atoms with Crippen molar-refractivity contribution in [2.75, 3.05) is 0 Å². The fourth-order valence-electron chi connectivity index (χ4n) is 0.745.